The Morgan fingerprint density at radius 1 is 0.222 bits per heavy atom. The lowest BCUT2D eigenvalue weighted by atomic mass is 9.33. The topological polar surface area (TPSA) is 11.4 Å². The van der Waals surface area contributed by atoms with Gasteiger partial charge in [0.05, 0.1) is 16.7 Å². The van der Waals surface area contributed by atoms with Crippen molar-refractivity contribution in [2.45, 2.75) is 0 Å². The maximum Gasteiger partial charge on any atom is 0.252 e. The number of fused-ring (bicyclic) bond motifs is 7. The van der Waals surface area contributed by atoms with Gasteiger partial charge in [-0.25, -0.2) is 0 Å². The molecule has 15 aromatic rings. The van der Waals surface area contributed by atoms with Crippen LogP contribution in [-0.4, -0.2) is 27.4 Å². The van der Waals surface area contributed by atoms with E-state index in [2.05, 4.69) is 378 Å². The van der Waals surface area contributed by atoms with Crippen LogP contribution in [0.25, 0.3) is 38.6 Å². The molecule has 0 aliphatic carbocycles. The fraction of sp³-hybridized carbons (Fsp3) is 0. The van der Waals surface area contributed by atoms with Crippen molar-refractivity contribution in [3.8, 4) is 16.8 Å². The first-order valence-electron chi connectivity index (χ1n) is 31.3. The molecule has 0 fully saturated rings. The van der Waals surface area contributed by atoms with Crippen LogP contribution in [-0.2, 0) is 0 Å². The third kappa shape index (κ3) is 8.33. The molecule has 0 bridgehead atoms. The number of para-hydroxylation sites is 3. The molecule has 0 spiro atoms. The standard InChI is InChI=1S/C84H60BN3Si2/c1-9-30-61(31-10-1)62-52-55-80-77(56-62)85-76-54-53-73(90(69-41-19-6-20-42-69,70-43-21-7-22-44-70)71-45-23-8-24-46-71)60-81(76)86(63-32-11-2-12-33-63)82-58-65(88-78-50-27-25-48-74(78)75-49-26-28-51-79(75)88)59-83(84(82)85)87(80)64-34-29-47-72(57-64)89(66-35-13-3-14-36-66,67-37-15-4-16-38-67)68-39-17-5-18-40-68/h1-60H. The van der Waals surface area contributed by atoms with E-state index in [9.17, 15) is 0 Å². The molecule has 0 saturated heterocycles. The molecule has 14 aromatic carbocycles. The number of nitrogens with zero attached hydrogens (tertiary/aromatic N) is 3. The molecular formula is C84H60BN3Si2. The molecule has 3 heterocycles. The van der Waals surface area contributed by atoms with Gasteiger partial charge in [0.2, 0.25) is 0 Å². The van der Waals surface area contributed by atoms with Gasteiger partial charge in [-0.3, -0.25) is 0 Å². The lowest BCUT2D eigenvalue weighted by molar-refractivity contribution is 1.16. The van der Waals surface area contributed by atoms with E-state index in [1.54, 1.807) is 0 Å². The van der Waals surface area contributed by atoms with Crippen molar-refractivity contribution in [2.75, 3.05) is 9.80 Å². The molecular weight excluding hydrogens is 1120 g/mol. The van der Waals surface area contributed by atoms with Gasteiger partial charge in [0.25, 0.3) is 6.71 Å². The monoisotopic (exact) mass is 1180 g/mol. The number of aromatic nitrogens is 1. The Morgan fingerprint density at radius 3 is 1.09 bits per heavy atom. The summed E-state index contributed by atoms with van der Waals surface area (Å²) in [6.07, 6.45) is 0. The smallest absolute Gasteiger partial charge is 0.252 e. The van der Waals surface area contributed by atoms with Gasteiger partial charge in [-0.15, -0.1) is 0 Å². The minimum absolute atomic E-state index is 0.169. The average molecular weight is 1180 g/mol. The molecule has 90 heavy (non-hydrogen) atoms. The zero-order valence-corrected chi connectivity index (χ0v) is 51.6. The maximum absolute atomic E-state index is 3.04. The highest BCUT2D eigenvalue weighted by molar-refractivity contribution is 7.20. The van der Waals surface area contributed by atoms with E-state index in [1.807, 2.05) is 0 Å². The van der Waals surface area contributed by atoms with Crippen LogP contribution >= 0.6 is 0 Å². The number of rotatable bonds is 12. The van der Waals surface area contributed by atoms with Crippen LogP contribution in [0.2, 0.25) is 0 Å². The molecule has 0 unspecified atom stereocenters. The van der Waals surface area contributed by atoms with E-state index < -0.39 is 16.1 Å². The zero-order valence-electron chi connectivity index (χ0n) is 49.6. The Labute approximate surface area is 528 Å². The Bertz CT molecular complexity index is 4860. The molecule has 2 aliphatic rings. The van der Waals surface area contributed by atoms with Gasteiger partial charge >= 0.3 is 0 Å². The summed E-state index contributed by atoms with van der Waals surface area (Å²) in [5.74, 6) is 0. The largest absolute Gasteiger partial charge is 0.311 e. The summed E-state index contributed by atoms with van der Waals surface area (Å²) in [5.41, 5.74) is 16.4. The van der Waals surface area contributed by atoms with Crippen molar-refractivity contribution in [1.82, 2.24) is 4.57 Å². The molecule has 17 rings (SSSR count). The SMILES string of the molecule is c1ccc(-c2ccc3c(c2)B2c4ccc([Si](c5ccccc5)(c5ccccc5)c5ccccc5)cc4N(c4ccccc4)c4cc(-n5c6ccccc6c6ccccc65)cc(c42)N3c2cccc([Si](c3ccccc3)(c3ccccc3)c3ccccc3)c2)cc1. The third-order valence-corrected chi connectivity index (χ3v) is 28.8. The summed E-state index contributed by atoms with van der Waals surface area (Å²) in [4.78, 5) is 5.24. The van der Waals surface area contributed by atoms with Crippen molar-refractivity contribution in [1.29, 1.82) is 0 Å². The highest BCUT2D eigenvalue weighted by atomic mass is 28.3. The van der Waals surface area contributed by atoms with E-state index in [4.69, 9.17) is 0 Å². The van der Waals surface area contributed by atoms with Crippen LogP contribution in [0.15, 0.2) is 364 Å². The molecule has 0 atom stereocenters. The normalized spacial score (nSPS) is 12.6. The minimum atomic E-state index is -3.04. The summed E-state index contributed by atoms with van der Waals surface area (Å²) in [5, 5.41) is 13.1. The summed E-state index contributed by atoms with van der Waals surface area (Å²) in [7, 11) is -6.04. The number of anilines is 6. The zero-order chi connectivity index (χ0) is 59.6. The fourth-order valence-electron chi connectivity index (χ4n) is 15.5. The predicted molar refractivity (Wildman–Crippen MR) is 387 cm³/mol. The minimum Gasteiger partial charge on any atom is -0.311 e. The van der Waals surface area contributed by atoms with Crippen LogP contribution in [0.4, 0.5) is 34.1 Å². The molecule has 0 radical (unpaired) electrons. The summed E-state index contributed by atoms with van der Waals surface area (Å²) >= 11 is 0. The van der Waals surface area contributed by atoms with E-state index in [0.29, 0.717) is 0 Å². The second-order valence-corrected chi connectivity index (χ2v) is 31.5. The van der Waals surface area contributed by atoms with Gasteiger partial charge < -0.3 is 14.4 Å². The van der Waals surface area contributed by atoms with Gasteiger partial charge in [-0.05, 0) is 130 Å². The molecule has 0 N–H and O–H groups in total. The summed E-state index contributed by atoms with van der Waals surface area (Å²) in [6, 6.07) is 138. The van der Waals surface area contributed by atoms with Crippen molar-refractivity contribution in [3.63, 3.8) is 0 Å². The predicted octanol–water partition coefficient (Wildman–Crippen LogP) is 13.3. The van der Waals surface area contributed by atoms with Gasteiger partial charge in [0.1, 0.15) is 0 Å². The Morgan fingerprint density at radius 2 is 0.611 bits per heavy atom. The summed E-state index contributed by atoms with van der Waals surface area (Å²) in [6.45, 7) is -0.169. The lowest BCUT2D eigenvalue weighted by Gasteiger charge is -2.45. The van der Waals surface area contributed by atoms with Crippen LogP contribution in [0.5, 0.6) is 0 Å². The van der Waals surface area contributed by atoms with Gasteiger partial charge in [0.15, 0.2) is 16.1 Å². The Hall–Kier alpha value is -11.0. The van der Waals surface area contributed by atoms with E-state index >= 15 is 0 Å². The first kappa shape index (κ1) is 53.2. The molecule has 2 aliphatic heterocycles. The first-order valence-corrected chi connectivity index (χ1v) is 35.3. The van der Waals surface area contributed by atoms with Crippen LogP contribution in [0.1, 0.15) is 0 Å². The maximum atomic E-state index is 2.63. The Kier molecular flexibility index (Phi) is 13.0. The number of hydrogen-bond donors (Lipinski definition) is 0. The molecule has 0 saturated carbocycles. The van der Waals surface area contributed by atoms with E-state index in [-0.39, 0.29) is 6.71 Å². The number of benzene rings is 14. The van der Waals surface area contributed by atoms with Crippen molar-refractivity contribution in [3.05, 3.63) is 364 Å². The van der Waals surface area contributed by atoms with Gasteiger partial charge in [-0.1, -0.05) is 303 Å². The highest BCUT2D eigenvalue weighted by Gasteiger charge is 2.48. The van der Waals surface area contributed by atoms with Crippen LogP contribution in [0, 0.1) is 0 Å². The molecule has 6 heteroatoms. The summed E-state index contributed by atoms with van der Waals surface area (Å²) < 4.78 is 2.52. The quantitative estimate of drug-likeness (QED) is 0.0892. The highest BCUT2D eigenvalue weighted by Crippen LogP contribution is 2.47. The third-order valence-electron chi connectivity index (χ3n) is 19.2. The van der Waals surface area contributed by atoms with Gasteiger partial charge in [-0.2, -0.15) is 0 Å². The van der Waals surface area contributed by atoms with Crippen molar-refractivity contribution in [2.24, 2.45) is 0 Å². The van der Waals surface area contributed by atoms with Gasteiger partial charge in [0, 0.05) is 44.9 Å². The van der Waals surface area contributed by atoms with Crippen LogP contribution < -0.4 is 67.7 Å². The fourth-order valence-corrected chi connectivity index (χ4v) is 25.0. The molecule has 0 amide bonds. The molecule has 1 aromatic heterocycles. The van der Waals surface area contributed by atoms with E-state index in [1.165, 1.54) is 85.5 Å². The van der Waals surface area contributed by atoms with E-state index in [0.717, 1.165) is 45.2 Å². The Balaban J connectivity index is 1.01. The van der Waals surface area contributed by atoms with Crippen molar-refractivity contribution < 1.29 is 0 Å². The molecule has 3 nitrogen and oxygen atoms in total. The molecule has 422 valence electrons. The lowest BCUT2D eigenvalue weighted by Crippen LogP contribution is -2.75. The second-order valence-electron chi connectivity index (χ2n) is 23.9. The van der Waals surface area contributed by atoms with Crippen molar-refractivity contribution >= 4 is 137 Å². The average Bonchev–Trinajstić information content (AvgIpc) is 0.745. The number of hydrogen-bond acceptors (Lipinski definition) is 2. The first-order chi connectivity index (χ1) is 44.7. The second kappa shape index (κ2) is 22.0. The van der Waals surface area contributed by atoms with Crippen LogP contribution in [0.3, 0.4) is 0 Å².